The van der Waals surface area contributed by atoms with Crippen molar-refractivity contribution in [1.29, 1.82) is 0 Å². The molecule has 2 bridgehead atoms. The topological polar surface area (TPSA) is 74.8 Å². The van der Waals surface area contributed by atoms with Crippen LogP contribution in [0.3, 0.4) is 0 Å². The highest BCUT2D eigenvalue weighted by atomic mass is 35.5. The lowest BCUT2D eigenvalue weighted by molar-refractivity contribution is -0.140. The molecule has 2 saturated heterocycles. The summed E-state index contributed by atoms with van der Waals surface area (Å²) in [5.41, 5.74) is 0.421. The second kappa shape index (κ2) is 8.13. The number of imide groups is 2. The lowest BCUT2D eigenvalue weighted by atomic mass is 9.45. The van der Waals surface area contributed by atoms with E-state index in [2.05, 4.69) is 0 Å². The summed E-state index contributed by atoms with van der Waals surface area (Å²) in [7, 11) is 0. The van der Waals surface area contributed by atoms with Gasteiger partial charge >= 0.3 is 0 Å². The summed E-state index contributed by atoms with van der Waals surface area (Å²) in [6.07, 6.45) is 3.78. The van der Waals surface area contributed by atoms with E-state index >= 15 is 0 Å². The van der Waals surface area contributed by atoms with Gasteiger partial charge in [0, 0.05) is 21.4 Å². The van der Waals surface area contributed by atoms with Crippen LogP contribution in [0.25, 0.3) is 0 Å². The monoisotopic (exact) mass is 542 g/mol. The van der Waals surface area contributed by atoms with Gasteiger partial charge in [-0.1, -0.05) is 65.7 Å². The largest absolute Gasteiger partial charge is 0.274 e. The second-order valence-electron chi connectivity index (χ2n) is 10.2. The molecule has 3 aromatic carbocycles. The molecular formula is C30H20Cl2N2O4. The molecule has 0 spiro atoms. The Balaban J connectivity index is 1.42. The van der Waals surface area contributed by atoms with Crippen LogP contribution < -0.4 is 9.80 Å². The third-order valence-electron chi connectivity index (χ3n) is 8.60. The van der Waals surface area contributed by atoms with Crippen LogP contribution >= 0.6 is 23.2 Å². The van der Waals surface area contributed by atoms with Gasteiger partial charge in [-0.2, -0.15) is 0 Å². The van der Waals surface area contributed by atoms with Gasteiger partial charge in [0.2, 0.25) is 23.6 Å². The highest BCUT2D eigenvalue weighted by molar-refractivity contribution is 6.31. The lowest BCUT2D eigenvalue weighted by Gasteiger charge is -2.53. The number of carbonyl (C=O) groups is 4. The Morgan fingerprint density at radius 1 is 0.579 bits per heavy atom. The first-order valence-electron chi connectivity index (χ1n) is 12.4. The van der Waals surface area contributed by atoms with E-state index in [1.165, 1.54) is 9.80 Å². The fourth-order valence-corrected chi connectivity index (χ4v) is 7.42. The molecule has 3 fully saturated rings. The number of carbonyl (C=O) groups excluding carboxylic acids is 4. The van der Waals surface area contributed by atoms with Crippen molar-refractivity contribution in [2.45, 2.75) is 5.41 Å². The molecule has 2 heterocycles. The fraction of sp³-hybridized carbons (Fsp3) is 0.200. The molecule has 4 unspecified atom stereocenters. The van der Waals surface area contributed by atoms with Gasteiger partial charge in [0.15, 0.2) is 0 Å². The molecule has 0 aromatic heterocycles. The summed E-state index contributed by atoms with van der Waals surface area (Å²) in [6.45, 7) is 0. The number of amides is 4. The second-order valence-corrected chi connectivity index (χ2v) is 11.1. The standard InChI is InChI=1S/C30H20Cl2N2O4/c31-17-6-10-19(11-7-17)33-26(35)22-21-14-15-30(24(22)28(33)37,16-4-2-1-3-5-16)25-23(21)27(36)34(29(25)38)20-12-8-18(32)9-13-20/h1-15,21-25H. The predicted octanol–water partition coefficient (Wildman–Crippen LogP) is 5.04. The minimum absolute atomic E-state index is 0.361. The summed E-state index contributed by atoms with van der Waals surface area (Å²) in [6, 6.07) is 22.4. The van der Waals surface area contributed by atoms with Gasteiger partial charge in [-0.3, -0.25) is 19.2 Å². The van der Waals surface area contributed by atoms with Crippen molar-refractivity contribution in [2.75, 3.05) is 9.80 Å². The van der Waals surface area contributed by atoms with E-state index in [0.717, 1.165) is 5.56 Å². The number of allylic oxidation sites excluding steroid dienone is 2. The first-order valence-corrected chi connectivity index (χ1v) is 13.1. The molecule has 0 radical (unpaired) electrons. The maximum absolute atomic E-state index is 14.2. The highest BCUT2D eigenvalue weighted by Crippen LogP contribution is 2.65. The molecule has 38 heavy (non-hydrogen) atoms. The molecule has 6 nitrogen and oxygen atoms in total. The van der Waals surface area contributed by atoms with Crippen LogP contribution in [0, 0.1) is 29.6 Å². The van der Waals surface area contributed by atoms with Crippen molar-refractivity contribution in [2.24, 2.45) is 29.6 Å². The molecule has 4 amide bonds. The molecular weight excluding hydrogens is 523 g/mol. The van der Waals surface area contributed by atoms with Crippen LogP contribution in [-0.2, 0) is 24.6 Å². The number of hydrogen-bond acceptors (Lipinski definition) is 4. The number of anilines is 2. The van der Waals surface area contributed by atoms with E-state index in [1.807, 2.05) is 42.5 Å². The molecule has 8 rings (SSSR count). The van der Waals surface area contributed by atoms with Gasteiger partial charge in [0.1, 0.15) is 0 Å². The molecule has 3 aromatic rings. The average Bonchev–Trinajstić information content (AvgIpc) is 3.37. The van der Waals surface area contributed by atoms with Crippen LogP contribution in [0.1, 0.15) is 5.56 Å². The zero-order chi connectivity index (χ0) is 26.3. The van der Waals surface area contributed by atoms with E-state index in [0.29, 0.717) is 21.4 Å². The Hall–Kier alpha value is -3.74. The summed E-state index contributed by atoms with van der Waals surface area (Å²) in [5, 5.41) is 0.974. The smallest absolute Gasteiger partial charge is 0.238 e. The van der Waals surface area contributed by atoms with Crippen LogP contribution in [0.4, 0.5) is 11.4 Å². The molecule has 8 heteroatoms. The maximum atomic E-state index is 14.2. The minimum Gasteiger partial charge on any atom is -0.274 e. The average molecular weight is 543 g/mol. The van der Waals surface area contributed by atoms with Crippen molar-refractivity contribution < 1.29 is 19.2 Å². The van der Waals surface area contributed by atoms with Gasteiger partial charge in [0.25, 0.3) is 0 Å². The third-order valence-corrected chi connectivity index (χ3v) is 9.10. The van der Waals surface area contributed by atoms with Crippen molar-refractivity contribution in [3.05, 3.63) is 107 Å². The molecule has 1 saturated carbocycles. The Labute approximate surface area is 228 Å². The summed E-state index contributed by atoms with van der Waals surface area (Å²) < 4.78 is 0. The van der Waals surface area contributed by atoms with Gasteiger partial charge < -0.3 is 0 Å². The van der Waals surface area contributed by atoms with Gasteiger partial charge in [-0.25, -0.2) is 9.80 Å². The summed E-state index contributed by atoms with van der Waals surface area (Å²) in [5.74, 6) is -5.25. The van der Waals surface area contributed by atoms with Crippen molar-refractivity contribution in [3.8, 4) is 0 Å². The number of nitrogens with zero attached hydrogens (tertiary/aromatic N) is 2. The van der Waals surface area contributed by atoms with Crippen molar-refractivity contribution in [3.63, 3.8) is 0 Å². The molecule has 2 aliphatic heterocycles. The first-order chi connectivity index (χ1) is 18.3. The van der Waals surface area contributed by atoms with E-state index in [1.54, 1.807) is 48.5 Å². The summed E-state index contributed by atoms with van der Waals surface area (Å²) >= 11 is 12.1. The number of rotatable bonds is 3. The van der Waals surface area contributed by atoms with Gasteiger partial charge in [-0.15, -0.1) is 0 Å². The zero-order valence-electron chi connectivity index (χ0n) is 19.8. The van der Waals surface area contributed by atoms with E-state index in [-0.39, 0.29) is 23.6 Å². The van der Waals surface area contributed by atoms with E-state index < -0.39 is 35.0 Å². The Kier molecular flexibility index (Phi) is 5.00. The fourth-order valence-electron chi connectivity index (χ4n) is 7.17. The van der Waals surface area contributed by atoms with Crippen LogP contribution in [0.2, 0.25) is 10.0 Å². The Bertz CT molecular complexity index is 1460. The molecule has 188 valence electrons. The van der Waals surface area contributed by atoms with Gasteiger partial charge in [0.05, 0.1) is 35.0 Å². The minimum atomic E-state index is -1.16. The zero-order valence-corrected chi connectivity index (χ0v) is 21.3. The third kappa shape index (κ3) is 2.90. The molecule has 3 aliphatic carbocycles. The van der Waals surface area contributed by atoms with Gasteiger partial charge in [-0.05, 0) is 54.1 Å². The quantitative estimate of drug-likeness (QED) is 0.343. The SMILES string of the molecule is O=C1C2C3C=CC(c4ccccc4)(C2C(=O)N1c1ccc(Cl)cc1)C1C(=O)N(c2ccc(Cl)cc2)C(=O)C31. The maximum Gasteiger partial charge on any atom is 0.238 e. The van der Waals surface area contributed by atoms with E-state index in [9.17, 15) is 19.2 Å². The highest BCUT2D eigenvalue weighted by Gasteiger charge is 2.75. The summed E-state index contributed by atoms with van der Waals surface area (Å²) in [4.78, 5) is 58.7. The number of benzene rings is 3. The van der Waals surface area contributed by atoms with Crippen LogP contribution in [-0.4, -0.2) is 23.6 Å². The molecule has 5 aliphatic rings. The lowest BCUT2D eigenvalue weighted by Crippen LogP contribution is -2.60. The molecule has 4 atom stereocenters. The van der Waals surface area contributed by atoms with Crippen molar-refractivity contribution >= 4 is 58.2 Å². The van der Waals surface area contributed by atoms with Crippen LogP contribution in [0.5, 0.6) is 0 Å². The normalized spacial score (nSPS) is 31.3. The number of hydrogen-bond donors (Lipinski definition) is 0. The predicted molar refractivity (Wildman–Crippen MR) is 143 cm³/mol. The Morgan fingerprint density at radius 2 is 1.03 bits per heavy atom. The van der Waals surface area contributed by atoms with E-state index in [4.69, 9.17) is 23.2 Å². The number of halogens is 2. The first kappa shape index (κ1) is 23.4. The van der Waals surface area contributed by atoms with Crippen LogP contribution in [0.15, 0.2) is 91.0 Å². The van der Waals surface area contributed by atoms with Crippen molar-refractivity contribution in [1.82, 2.24) is 0 Å². The Morgan fingerprint density at radius 3 is 1.47 bits per heavy atom. The molecule has 0 N–H and O–H groups in total.